The van der Waals surface area contributed by atoms with E-state index in [0.717, 1.165) is 14.5 Å². The third-order valence-corrected chi connectivity index (χ3v) is 4.53. The van der Waals surface area contributed by atoms with Gasteiger partial charge in [-0.2, -0.15) is 8.78 Å². The number of alkyl halides is 2. The molecule has 112 valence electrons. The zero-order chi connectivity index (χ0) is 15.6. The normalized spacial score (nSPS) is 12.5. The fraction of sp³-hybridized carbons (Fsp3) is 0.200. The van der Waals surface area contributed by atoms with Gasteiger partial charge < -0.3 is 9.84 Å². The lowest BCUT2D eigenvalue weighted by Gasteiger charge is -2.15. The van der Waals surface area contributed by atoms with Gasteiger partial charge >= 0.3 is 6.61 Å². The Kier molecular flexibility index (Phi) is 5.35. The number of aliphatic hydroxyl groups is 1. The molecule has 2 nitrogen and oxygen atoms in total. The number of aryl methyl sites for hydroxylation is 1. The molecule has 1 unspecified atom stereocenters. The summed E-state index contributed by atoms with van der Waals surface area (Å²) in [6, 6.07) is 9.65. The van der Waals surface area contributed by atoms with Crippen molar-refractivity contribution in [3.63, 3.8) is 0 Å². The van der Waals surface area contributed by atoms with E-state index in [1.165, 1.54) is 12.1 Å². The van der Waals surface area contributed by atoms with Gasteiger partial charge in [-0.05, 0) is 42.3 Å². The summed E-state index contributed by atoms with van der Waals surface area (Å²) in [4.78, 5) is 0. The van der Waals surface area contributed by atoms with E-state index in [1.54, 1.807) is 12.1 Å². The van der Waals surface area contributed by atoms with E-state index in [1.807, 2.05) is 19.1 Å². The predicted octanol–water partition coefficient (Wildman–Crippen LogP) is 5.20. The third kappa shape index (κ3) is 4.02. The molecule has 0 aliphatic rings. The molecule has 0 aromatic heterocycles. The molecule has 0 amide bonds. The highest BCUT2D eigenvalue weighted by Gasteiger charge is 2.16. The first-order valence-corrected chi connectivity index (χ1v) is 7.65. The maximum Gasteiger partial charge on any atom is 0.387 e. The number of rotatable bonds is 4. The van der Waals surface area contributed by atoms with Crippen LogP contribution in [0.4, 0.5) is 8.78 Å². The lowest BCUT2D eigenvalue weighted by Crippen LogP contribution is -2.04. The number of benzene rings is 2. The molecule has 0 heterocycles. The van der Waals surface area contributed by atoms with Crippen molar-refractivity contribution < 1.29 is 18.6 Å². The van der Waals surface area contributed by atoms with E-state index in [9.17, 15) is 13.9 Å². The minimum absolute atomic E-state index is 0.0603. The maximum absolute atomic E-state index is 12.1. The fourth-order valence-electron chi connectivity index (χ4n) is 1.88. The van der Waals surface area contributed by atoms with Gasteiger partial charge in [0.1, 0.15) is 11.9 Å². The van der Waals surface area contributed by atoms with Gasteiger partial charge in [0.25, 0.3) is 0 Å². The minimum atomic E-state index is -2.86. The van der Waals surface area contributed by atoms with Gasteiger partial charge in [-0.15, -0.1) is 0 Å². The first-order valence-electron chi connectivity index (χ1n) is 6.07. The van der Waals surface area contributed by atoms with E-state index in [-0.39, 0.29) is 5.75 Å². The highest BCUT2D eigenvalue weighted by atomic mass is 79.9. The van der Waals surface area contributed by atoms with Crippen molar-refractivity contribution in [3.05, 3.63) is 62.0 Å². The molecule has 21 heavy (non-hydrogen) atoms. The van der Waals surface area contributed by atoms with Crippen LogP contribution in [0.1, 0.15) is 22.8 Å². The number of hydrogen-bond donors (Lipinski definition) is 1. The van der Waals surface area contributed by atoms with Crippen molar-refractivity contribution in [1.29, 1.82) is 0 Å². The Hall–Kier alpha value is -0.980. The lowest BCUT2D eigenvalue weighted by atomic mass is 10.0. The topological polar surface area (TPSA) is 29.5 Å². The van der Waals surface area contributed by atoms with Crippen molar-refractivity contribution in [2.75, 3.05) is 0 Å². The molecule has 0 aliphatic heterocycles. The van der Waals surface area contributed by atoms with Crippen molar-refractivity contribution in [1.82, 2.24) is 0 Å². The molecule has 1 atom stereocenters. The first-order chi connectivity index (χ1) is 9.88. The van der Waals surface area contributed by atoms with Crippen molar-refractivity contribution in [2.45, 2.75) is 19.6 Å². The van der Waals surface area contributed by atoms with E-state index in [2.05, 4.69) is 36.6 Å². The standard InChI is InChI=1S/C15H12Br2F2O2/c1-8-6-13(17)11(7-12(8)16)14(20)9-2-4-10(5-3-9)21-15(18)19/h2-7,14-15,20H,1H3. The fourth-order valence-corrected chi connectivity index (χ4v) is 2.92. The minimum Gasteiger partial charge on any atom is -0.435 e. The average Bonchev–Trinajstić information content (AvgIpc) is 2.42. The summed E-state index contributed by atoms with van der Waals surface area (Å²) in [7, 11) is 0. The van der Waals surface area contributed by atoms with Crippen molar-refractivity contribution >= 4 is 31.9 Å². The summed E-state index contributed by atoms with van der Waals surface area (Å²) in [5, 5.41) is 10.4. The van der Waals surface area contributed by atoms with Crippen LogP contribution in [0.15, 0.2) is 45.3 Å². The van der Waals surface area contributed by atoms with E-state index in [0.29, 0.717) is 11.1 Å². The third-order valence-electron chi connectivity index (χ3n) is 2.99. The van der Waals surface area contributed by atoms with Crippen LogP contribution in [0.25, 0.3) is 0 Å². The number of ether oxygens (including phenoxy) is 1. The second-order valence-electron chi connectivity index (χ2n) is 4.47. The molecule has 0 bridgehead atoms. The second kappa shape index (κ2) is 6.85. The van der Waals surface area contributed by atoms with Crippen LogP contribution in [0, 0.1) is 6.92 Å². The summed E-state index contributed by atoms with van der Waals surface area (Å²) >= 11 is 6.85. The van der Waals surface area contributed by atoms with Gasteiger partial charge in [0.2, 0.25) is 0 Å². The molecule has 0 saturated carbocycles. The molecule has 6 heteroatoms. The highest BCUT2D eigenvalue weighted by molar-refractivity contribution is 9.11. The van der Waals surface area contributed by atoms with Crippen LogP contribution < -0.4 is 4.74 Å². The van der Waals surface area contributed by atoms with Crippen LogP contribution in [-0.2, 0) is 0 Å². The molecule has 0 aliphatic carbocycles. The summed E-state index contributed by atoms with van der Waals surface area (Å²) in [6.45, 7) is -0.912. The molecular formula is C15H12Br2F2O2. The summed E-state index contributed by atoms with van der Waals surface area (Å²) in [5.74, 6) is 0.0603. The molecule has 2 aromatic carbocycles. The Balaban J connectivity index is 2.27. The summed E-state index contributed by atoms with van der Waals surface area (Å²) in [6.07, 6.45) is -0.864. The molecule has 1 N–H and O–H groups in total. The van der Waals surface area contributed by atoms with Gasteiger partial charge in [0.05, 0.1) is 0 Å². The smallest absolute Gasteiger partial charge is 0.387 e. The van der Waals surface area contributed by atoms with Gasteiger partial charge in [0.15, 0.2) is 0 Å². The van der Waals surface area contributed by atoms with E-state index >= 15 is 0 Å². The van der Waals surface area contributed by atoms with Gasteiger partial charge in [-0.3, -0.25) is 0 Å². The zero-order valence-electron chi connectivity index (χ0n) is 11.0. The molecule has 0 radical (unpaired) electrons. The second-order valence-corrected chi connectivity index (χ2v) is 6.18. The van der Waals surface area contributed by atoms with Gasteiger partial charge in [0, 0.05) is 14.5 Å². The molecule has 2 rings (SSSR count). The Morgan fingerprint density at radius 2 is 1.67 bits per heavy atom. The Labute approximate surface area is 138 Å². The van der Waals surface area contributed by atoms with Gasteiger partial charge in [-0.25, -0.2) is 0 Å². The zero-order valence-corrected chi connectivity index (χ0v) is 14.2. The summed E-state index contributed by atoms with van der Waals surface area (Å²) in [5.41, 5.74) is 2.32. The van der Waals surface area contributed by atoms with Crippen LogP contribution in [-0.4, -0.2) is 11.7 Å². The Morgan fingerprint density at radius 1 is 1.05 bits per heavy atom. The van der Waals surface area contributed by atoms with Crippen molar-refractivity contribution in [3.8, 4) is 5.75 Å². The molecular weight excluding hydrogens is 410 g/mol. The molecule has 2 aromatic rings. The molecule has 0 spiro atoms. The number of aliphatic hydroxyl groups excluding tert-OH is 1. The van der Waals surface area contributed by atoms with Crippen LogP contribution >= 0.6 is 31.9 Å². The van der Waals surface area contributed by atoms with Crippen LogP contribution in [0.5, 0.6) is 5.75 Å². The molecule has 0 fully saturated rings. The Morgan fingerprint density at radius 3 is 2.24 bits per heavy atom. The Bertz CT molecular complexity index is 630. The highest BCUT2D eigenvalue weighted by Crippen LogP contribution is 2.33. The van der Waals surface area contributed by atoms with Crippen molar-refractivity contribution in [2.24, 2.45) is 0 Å². The van der Waals surface area contributed by atoms with E-state index < -0.39 is 12.7 Å². The first kappa shape index (κ1) is 16.4. The maximum atomic E-state index is 12.1. The summed E-state index contributed by atoms with van der Waals surface area (Å²) < 4.78 is 30.1. The average molecular weight is 422 g/mol. The van der Waals surface area contributed by atoms with Gasteiger partial charge in [-0.1, -0.05) is 44.0 Å². The largest absolute Gasteiger partial charge is 0.435 e. The van der Waals surface area contributed by atoms with Crippen LogP contribution in [0.2, 0.25) is 0 Å². The van der Waals surface area contributed by atoms with Crippen LogP contribution in [0.3, 0.4) is 0 Å². The predicted molar refractivity (Wildman–Crippen MR) is 83.7 cm³/mol. The molecule has 0 saturated heterocycles. The number of hydrogen-bond acceptors (Lipinski definition) is 2. The monoisotopic (exact) mass is 420 g/mol. The number of halogens is 4. The lowest BCUT2D eigenvalue weighted by molar-refractivity contribution is -0.0498. The van der Waals surface area contributed by atoms with E-state index in [4.69, 9.17) is 0 Å². The quantitative estimate of drug-likeness (QED) is 0.734. The SMILES string of the molecule is Cc1cc(Br)c(C(O)c2ccc(OC(F)F)cc2)cc1Br.